The van der Waals surface area contributed by atoms with Crippen LogP contribution in [-0.2, 0) is 4.79 Å². The molecule has 2 aliphatic rings. The summed E-state index contributed by atoms with van der Waals surface area (Å²) in [4.78, 5) is 24.4. The van der Waals surface area contributed by atoms with Crippen LogP contribution >= 0.6 is 0 Å². The van der Waals surface area contributed by atoms with Gasteiger partial charge in [-0.2, -0.15) is 0 Å². The minimum absolute atomic E-state index is 0.234. The first-order chi connectivity index (χ1) is 9.09. The number of fused-ring (bicyclic) bond motifs is 1. The molecule has 2 unspecified atom stereocenters. The highest BCUT2D eigenvalue weighted by Crippen LogP contribution is 2.35. The molecule has 0 bridgehead atoms. The van der Waals surface area contributed by atoms with Gasteiger partial charge < -0.3 is 20.4 Å². The average molecular weight is 270 g/mol. The summed E-state index contributed by atoms with van der Waals surface area (Å²) in [5.74, 6) is -0.716. The van der Waals surface area contributed by atoms with E-state index in [1.807, 2.05) is 4.90 Å². The van der Waals surface area contributed by atoms with Crippen molar-refractivity contribution in [2.45, 2.75) is 50.7 Å². The fraction of sp³-hybridized carbons (Fsp3) is 0.846. The zero-order chi connectivity index (χ0) is 13.8. The van der Waals surface area contributed by atoms with Crippen LogP contribution in [0.5, 0.6) is 0 Å². The molecule has 0 aromatic heterocycles. The van der Waals surface area contributed by atoms with Crippen molar-refractivity contribution in [2.75, 3.05) is 13.1 Å². The molecule has 1 saturated carbocycles. The predicted molar refractivity (Wildman–Crippen MR) is 68.7 cm³/mol. The second-order valence-corrected chi connectivity index (χ2v) is 5.49. The summed E-state index contributed by atoms with van der Waals surface area (Å²) in [6.45, 7) is 0.498. The van der Waals surface area contributed by atoms with Crippen LogP contribution in [0.4, 0.5) is 4.79 Å². The summed E-state index contributed by atoms with van der Waals surface area (Å²) in [6, 6.07) is 0.0568. The third-order valence-corrected chi connectivity index (χ3v) is 4.24. The summed E-state index contributed by atoms with van der Waals surface area (Å²) in [5, 5.41) is 20.3. The summed E-state index contributed by atoms with van der Waals surface area (Å²) >= 11 is 0. The van der Waals surface area contributed by atoms with E-state index in [9.17, 15) is 14.7 Å². The Kier molecular flexibility index (Phi) is 4.63. The molecule has 2 rings (SSSR count). The largest absolute Gasteiger partial charge is 0.479 e. The van der Waals surface area contributed by atoms with E-state index < -0.39 is 12.1 Å². The van der Waals surface area contributed by atoms with Gasteiger partial charge in [0.1, 0.15) is 0 Å². The zero-order valence-electron chi connectivity index (χ0n) is 11.0. The molecule has 1 aliphatic heterocycles. The van der Waals surface area contributed by atoms with Crippen molar-refractivity contribution in [1.82, 2.24) is 10.2 Å². The van der Waals surface area contributed by atoms with E-state index in [1.165, 1.54) is 19.3 Å². The van der Waals surface area contributed by atoms with Crippen LogP contribution in [0.3, 0.4) is 0 Å². The van der Waals surface area contributed by atoms with Gasteiger partial charge in [-0.3, -0.25) is 0 Å². The highest BCUT2D eigenvalue weighted by atomic mass is 16.4. The Labute approximate surface area is 112 Å². The van der Waals surface area contributed by atoms with Crippen molar-refractivity contribution < 1.29 is 19.8 Å². The van der Waals surface area contributed by atoms with Crippen LogP contribution in [0, 0.1) is 5.92 Å². The van der Waals surface area contributed by atoms with Gasteiger partial charge in [-0.15, -0.1) is 0 Å². The molecule has 2 amide bonds. The third-order valence-electron chi connectivity index (χ3n) is 4.24. The number of nitrogens with zero attached hydrogens (tertiary/aromatic N) is 1. The normalized spacial score (nSPS) is 28.4. The van der Waals surface area contributed by atoms with Crippen LogP contribution in [-0.4, -0.2) is 52.3 Å². The minimum Gasteiger partial charge on any atom is -0.479 e. The van der Waals surface area contributed by atoms with Crippen LogP contribution in [0.15, 0.2) is 0 Å². The van der Waals surface area contributed by atoms with Crippen LogP contribution in [0.1, 0.15) is 38.5 Å². The number of nitrogens with one attached hydrogen (secondary N) is 1. The number of rotatable bonds is 3. The quantitative estimate of drug-likeness (QED) is 0.707. The van der Waals surface area contributed by atoms with Gasteiger partial charge in [-0.05, 0) is 31.6 Å². The number of aliphatic carboxylic acids is 1. The molecule has 3 N–H and O–H groups in total. The van der Waals surface area contributed by atoms with E-state index >= 15 is 0 Å². The Hall–Kier alpha value is -1.30. The number of aliphatic hydroxyl groups is 1. The standard InChI is InChI=1S/C13H22N2O4/c16-11(12(17)18)8-14-13(19)15-7-3-5-9-4-1-2-6-10(9)15/h9-11,16H,1-8H2,(H,14,19)(H,17,18)/t9?,10?,11-/m0/s1. The SMILES string of the molecule is O=C(O)[C@@H](O)CNC(=O)N1CCCC2CCCCC21. The Morgan fingerprint density at radius 2 is 1.89 bits per heavy atom. The van der Waals surface area contributed by atoms with Gasteiger partial charge >= 0.3 is 12.0 Å². The van der Waals surface area contributed by atoms with E-state index in [2.05, 4.69) is 5.32 Å². The zero-order valence-corrected chi connectivity index (χ0v) is 11.0. The lowest BCUT2D eigenvalue weighted by Crippen LogP contribution is -2.54. The van der Waals surface area contributed by atoms with Gasteiger partial charge in [0.05, 0.1) is 6.54 Å². The van der Waals surface area contributed by atoms with Crippen LogP contribution < -0.4 is 5.32 Å². The van der Waals surface area contributed by atoms with E-state index in [1.54, 1.807) is 0 Å². The highest BCUT2D eigenvalue weighted by Gasteiger charge is 2.35. The molecule has 108 valence electrons. The lowest BCUT2D eigenvalue weighted by Gasteiger charge is -2.44. The molecule has 1 aliphatic carbocycles. The minimum atomic E-state index is -1.53. The predicted octanol–water partition coefficient (Wildman–Crippen LogP) is 0.796. The molecule has 3 atom stereocenters. The fourth-order valence-corrected chi connectivity index (χ4v) is 3.25. The molecule has 6 heteroatoms. The summed E-state index contributed by atoms with van der Waals surface area (Å²) in [7, 11) is 0. The first-order valence-corrected chi connectivity index (χ1v) is 7.05. The number of hydrogen-bond donors (Lipinski definition) is 3. The molecule has 0 radical (unpaired) electrons. The Morgan fingerprint density at radius 1 is 1.21 bits per heavy atom. The summed E-state index contributed by atoms with van der Waals surface area (Å²) in [6.07, 6.45) is 5.29. The Morgan fingerprint density at radius 3 is 2.63 bits per heavy atom. The monoisotopic (exact) mass is 270 g/mol. The van der Waals surface area contributed by atoms with Crippen LogP contribution in [0.25, 0.3) is 0 Å². The molecule has 19 heavy (non-hydrogen) atoms. The number of aliphatic hydroxyl groups excluding tert-OH is 1. The summed E-state index contributed by atoms with van der Waals surface area (Å²) in [5.41, 5.74) is 0. The van der Waals surface area contributed by atoms with E-state index in [-0.39, 0.29) is 12.6 Å². The van der Waals surface area contributed by atoms with Gasteiger partial charge in [-0.25, -0.2) is 9.59 Å². The number of carbonyl (C=O) groups is 2. The maximum atomic E-state index is 12.1. The van der Waals surface area contributed by atoms with Crippen molar-refractivity contribution in [2.24, 2.45) is 5.92 Å². The number of piperidine rings is 1. The molecule has 0 spiro atoms. The molecule has 1 heterocycles. The second-order valence-electron chi connectivity index (χ2n) is 5.49. The van der Waals surface area contributed by atoms with Gasteiger partial charge in [0.15, 0.2) is 6.10 Å². The number of amides is 2. The third kappa shape index (κ3) is 3.37. The van der Waals surface area contributed by atoms with E-state index in [4.69, 9.17) is 5.11 Å². The number of urea groups is 1. The van der Waals surface area contributed by atoms with Crippen molar-refractivity contribution >= 4 is 12.0 Å². The molecule has 2 fully saturated rings. The van der Waals surface area contributed by atoms with E-state index in [0.717, 1.165) is 25.8 Å². The van der Waals surface area contributed by atoms with Crippen molar-refractivity contribution in [3.05, 3.63) is 0 Å². The van der Waals surface area contributed by atoms with Crippen LogP contribution in [0.2, 0.25) is 0 Å². The first kappa shape index (κ1) is 14.1. The van der Waals surface area contributed by atoms with Gasteiger partial charge in [0, 0.05) is 12.6 Å². The fourth-order valence-electron chi connectivity index (χ4n) is 3.25. The average Bonchev–Trinajstić information content (AvgIpc) is 2.43. The molecule has 0 aromatic rings. The summed E-state index contributed by atoms with van der Waals surface area (Å²) < 4.78 is 0. The molecule has 0 aromatic carbocycles. The smallest absolute Gasteiger partial charge is 0.334 e. The van der Waals surface area contributed by atoms with Gasteiger partial charge in [0.25, 0.3) is 0 Å². The van der Waals surface area contributed by atoms with Crippen molar-refractivity contribution in [1.29, 1.82) is 0 Å². The Balaban J connectivity index is 1.88. The van der Waals surface area contributed by atoms with E-state index in [0.29, 0.717) is 12.0 Å². The number of carbonyl (C=O) groups excluding carboxylic acids is 1. The molecule has 1 saturated heterocycles. The van der Waals surface area contributed by atoms with Crippen molar-refractivity contribution in [3.8, 4) is 0 Å². The molecular weight excluding hydrogens is 248 g/mol. The number of likely N-dealkylation sites (tertiary alicyclic amines) is 1. The molecule has 6 nitrogen and oxygen atoms in total. The maximum absolute atomic E-state index is 12.1. The first-order valence-electron chi connectivity index (χ1n) is 7.05. The molecular formula is C13H22N2O4. The number of carboxylic acid groups (broad SMARTS) is 1. The van der Waals surface area contributed by atoms with Gasteiger partial charge in [0.2, 0.25) is 0 Å². The Bertz CT molecular complexity index is 346. The highest BCUT2D eigenvalue weighted by molar-refractivity contribution is 5.77. The maximum Gasteiger partial charge on any atom is 0.334 e. The lowest BCUT2D eigenvalue weighted by molar-refractivity contribution is -0.146. The topological polar surface area (TPSA) is 89.9 Å². The number of hydrogen-bond acceptors (Lipinski definition) is 3. The van der Waals surface area contributed by atoms with Crippen molar-refractivity contribution in [3.63, 3.8) is 0 Å². The second kappa shape index (κ2) is 6.23. The van der Waals surface area contributed by atoms with Gasteiger partial charge in [-0.1, -0.05) is 12.8 Å². The lowest BCUT2D eigenvalue weighted by atomic mass is 9.78. The number of carboxylic acids is 1.